The van der Waals surface area contributed by atoms with Crippen molar-refractivity contribution in [1.82, 2.24) is 0 Å². The maximum absolute atomic E-state index is 12.1. The number of carbonyl (C=O) groups is 1. The van der Waals surface area contributed by atoms with Crippen molar-refractivity contribution in [1.29, 1.82) is 0 Å². The molecule has 0 unspecified atom stereocenters. The summed E-state index contributed by atoms with van der Waals surface area (Å²) in [5.41, 5.74) is 6.50. The predicted octanol–water partition coefficient (Wildman–Crippen LogP) is 3.56. The van der Waals surface area contributed by atoms with Crippen LogP contribution in [0.2, 0.25) is 5.02 Å². The molecule has 0 aromatic heterocycles. The second kappa shape index (κ2) is 6.04. The third kappa shape index (κ3) is 3.46. The van der Waals surface area contributed by atoms with Crippen LogP contribution < -0.4 is 11.1 Å². The lowest BCUT2D eigenvalue weighted by Gasteiger charge is -2.25. The molecule has 0 aliphatic heterocycles. The standard InChI is InChI=1S/C13H16BrClN2O/c14-9-3-6-12(11(15)7-9)17-13(18)8-1-4-10(16)5-2-8/h3,6-8,10H,1-2,4-5,16H2,(H,17,18). The zero-order valence-corrected chi connectivity index (χ0v) is 12.3. The van der Waals surface area contributed by atoms with Gasteiger partial charge in [0.05, 0.1) is 10.7 Å². The Morgan fingerprint density at radius 3 is 2.61 bits per heavy atom. The van der Waals surface area contributed by atoms with E-state index in [-0.39, 0.29) is 17.9 Å². The number of hydrogen-bond donors (Lipinski definition) is 2. The lowest BCUT2D eigenvalue weighted by molar-refractivity contribution is -0.120. The van der Waals surface area contributed by atoms with Gasteiger partial charge in [-0.2, -0.15) is 0 Å². The van der Waals surface area contributed by atoms with Crippen molar-refractivity contribution in [2.24, 2.45) is 11.7 Å². The van der Waals surface area contributed by atoms with Crippen LogP contribution in [0.1, 0.15) is 25.7 Å². The first-order chi connectivity index (χ1) is 8.56. The molecular formula is C13H16BrClN2O. The summed E-state index contributed by atoms with van der Waals surface area (Å²) in [4.78, 5) is 12.1. The summed E-state index contributed by atoms with van der Waals surface area (Å²) in [6, 6.07) is 5.69. The highest BCUT2D eigenvalue weighted by atomic mass is 79.9. The molecule has 0 spiro atoms. The van der Waals surface area contributed by atoms with Gasteiger partial charge in [0.15, 0.2) is 0 Å². The van der Waals surface area contributed by atoms with Crippen molar-refractivity contribution in [2.75, 3.05) is 5.32 Å². The zero-order valence-electron chi connectivity index (χ0n) is 9.96. The lowest BCUT2D eigenvalue weighted by atomic mass is 9.86. The Hall–Kier alpha value is -0.580. The van der Waals surface area contributed by atoms with Gasteiger partial charge in [-0.3, -0.25) is 4.79 Å². The average Bonchev–Trinajstić information content (AvgIpc) is 2.33. The van der Waals surface area contributed by atoms with Gasteiger partial charge in [0.1, 0.15) is 0 Å². The molecule has 1 aliphatic carbocycles. The monoisotopic (exact) mass is 330 g/mol. The summed E-state index contributed by atoms with van der Waals surface area (Å²) in [5.74, 6) is 0.107. The molecule has 1 fully saturated rings. The molecule has 0 radical (unpaired) electrons. The van der Waals surface area contributed by atoms with Gasteiger partial charge in [0.2, 0.25) is 5.91 Å². The van der Waals surface area contributed by atoms with Crippen LogP contribution in [0.15, 0.2) is 22.7 Å². The van der Waals surface area contributed by atoms with Gasteiger partial charge >= 0.3 is 0 Å². The van der Waals surface area contributed by atoms with Crippen LogP contribution in [0.3, 0.4) is 0 Å². The van der Waals surface area contributed by atoms with Crippen LogP contribution in [-0.2, 0) is 4.79 Å². The van der Waals surface area contributed by atoms with E-state index in [2.05, 4.69) is 21.2 Å². The van der Waals surface area contributed by atoms with Crippen molar-refractivity contribution in [2.45, 2.75) is 31.7 Å². The molecule has 3 N–H and O–H groups in total. The highest BCUT2D eigenvalue weighted by molar-refractivity contribution is 9.10. The molecule has 1 amide bonds. The number of rotatable bonds is 2. The Labute approximate surface area is 120 Å². The summed E-state index contributed by atoms with van der Waals surface area (Å²) in [6.45, 7) is 0. The molecule has 98 valence electrons. The molecule has 0 bridgehead atoms. The van der Waals surface area contributed by atoms with Crippen LogP contribution in [0.5, 0.6) is 0 Å². The average molecular weight is 332 g/mol. The number of carbonyl (C=O) groups excluding carboxylic acids is 1. The molecule has 0 heterocycles. The van der Waals surface area contributed by atoms with Crippen molar-refractivity contribution >= 4 is 39.1 Å². The number of nitrogens with one attached hydrogen (secondary N) is 1. The fraction of sp³-hybridized carbons (Fsp3) is 0.462. The number of hydrogen-bond acceptors (Lipinski definition) is 2. The van der Waals surface area contributed by atoms with Crippen LogP contribution in [0.4, 0.5) is 5.69 Å². The third-order valence-electron chi connectivity index (χ3n) is 3.33. The van der Waals surface area contributed by atoms with Gasteiger partial charge < -0.3 is 11.1 Å². The minimum atomic E-state index is 0.0473. The third-order valence-corrected chi connectivity index (χ3v) is 4.14. The largest absolute Gasteiger partial charge is 0.328 e. The van der Waals surface area contributed by atoms with Gasteiger partial charge in [0.25, 0.3) is 0 Å². The summed E-state index contributed by atoms with van der Waals surface area (Å²) >= 11 is 9.41. The molecule has 1 aromatic rings. The molecule has 1 aromatic carbocycles. The molecule has 0 saturated heterocycles. The molecule has 2 rings (SSSR count). The molecule has 0 atom stereocenters. The minimum Gasteiger partial charge on any atom is -0.328 e. The molecule has 1 saturated carbocycles. The van der Waals surface area contributed by atoms with E-state index in [1.54, 1.807) is 12.1 Å². The maximum Gasteiger partial charge on any atom is 0.227 e. The topological polar surface area (TPSA) is 55.1 Å². The molecule has 3 nitrogen and oxygen atoms in total. The van der Waals surface area contributed by atoms with E-state index in [1.807, 2.05) is 6.07 Å². The molecule has 1 aliphatic rings. The summed E-state index contributed by atoms with van der Waals surface area (Å²) in [5, 5.41) is 3.44. The molecule has 18 heavy (non-hydrogen) atoms. The number of benzene rings is 1. The van der Waals surface area contributed by atoms with Crippen molar-refractivity contribution in [3.63, 3.8) is 0 Å². The zero-order chi connectivity index (χ0) is 13.1. The highest BCUT2D eigenvalue weighted by Crippen LogP contribution is 2.28. The second-order valence-corrected chi connectivity index (χ2v) is 6.05. The first-order valence-electron chi connectivity index (χ1n) is 6.08. The second-order valence-electron chi connectivity index (χ2n) is 4.73. The Bertz CT molecular complexity index is 445. The minimum absolute atomic E-state index is 0.0473. The van der Waals surface area contributed by atoms with Crippen LogP contribution in [-0.4, -0.2) is 11.9 Å². The predicted molar refractivity (Wildman–Crippen MR) is 77.7 cm³/mol. The Morgan fingerprint density at radius 2 is 2.00 bits per heavy atom. The number of nitrogens with two attached hydrogens (primary N) is 1. The van der Waals surface area contributed by atoms with Gasteiger partial charge in [-0.05, 0) is 43.9 Å². The van der Waals surface area contributed by atoms with E-state index in [1.165, 1.54) is 0 Å². The summed E-state index contributed by atoms with van der Waals surface area (Å²) in [6.07, 6.45) is 3.57. The van der Waals surface area contributed by atoms with Gasteiger partial charge in [-0.1, -0.05) is 27.5 Å². The summed E-state index contributed by atoms with van der Waals surface area (Å²) in [7, 11) is 0. The molecular weight excluding hydrogens is 316 g/mol. The number of amides is 1. The maximum atomic E-state index is 12.1. The van der Waals surface area contributed by atoms with Crippen LogP contribution in [0, 0.1) is 5.92 Å². The van der Waals surface area contributed by atoms with Crippen LogP contribution in [0.25, 0.3) is 0 Å². The quantitative estimate of drug-likeness (QED) is 0.870. The van der Waals surface area contributed by atoms with Gasteiger partial charge in [-0.25, -0.2) is 0 Å². The summed E-state index contributed by atoms with van der Waals surface area (Å²) < 4.78 is 0.897. The van der Waals surface area contributed by atoms with Crippen molar-refractivity contribution in [3.8, 4) is 0 Å². The first-order valence-corrected chi connectivity index (χ1v) is 7.25. The Morgan fingerprint density at radius 1 is 1.33 bits per heavy atom. The normalized spacial score (nSPS) is 23.7. The van der Waals surface area contributed by atoms with E-state index < -0.39 is 0 Å². The lowest BCUT2D eigenvalue weighted by Crippen LogP contribution is -2.32. The smallest absolute Gasteiger partial charge is 0.227 e. The van der Waals surface area contributed by atoms with E-state index in [0.29, 0.717) is 10.7 Å². The Kier molecular flexibility index (Phi) is 4.65. The fourth-order valence-electron chi connectivity index (χ4n) is 2.21. The van der Waals surface area contributed by atoms with E-state index in [4.69, 9.17) is 17.3 Å². The van der Waals surface area contributed by atoms with Crippen molar-refractivity contribution < 1.29 is 4.79 Å². The SMILES string of the molecule is NC1CCC(C(=O)Nc2ccc(Br)cc2Cl)CC1. The van der Waals surface area contributed by atoms with Crippen LogP contribution >= 0.6 is 27.5 Å². The van der Waals surface area contributed by atoms with Gasteiger partial charge in [0, 0.05) is 16.4 Å². The van der Waals surface area contributed by atoms with Gasteiger partial charge in [-0.15, -0.1) is 0 Å². The van der Waals surface area contributed by atoms with E-state index >= 15 is 0 Å². The van der Waals surface area contributed by atoms with E-state index in [9.17, 15) is 4.79 Å². The number of halogens is 2. The molecule has 5 heteroatoms. The Balaban J connectivity index is 1.98. The van der Waals surface area contributed by atoms with Crippen molar-refractivity contribution in [3.05, 3.63) is 27.7 Å². The van der Waals surface area contributed by atoms with E-state index in [0.717, 1.165) is 30.2 Å². The first kappa shape index (κ1) is 13.8. The highest BCUT2D eigenvalue weighted by Gasteiger charge is 2.24. The number of anilines is 1. The fourth-order valence-corrected chi connectivity index (χ4v) is 2.93.